The predicted octanol–water partition coefficient (Wildman–Crippen LogP) is -0.346. The van der Waals surface area contributed by atoms with Crippen molar-refractivity contribution < 1.29 is 28.4 Å². The third kappa shape index (κ3) is 7.85. The highest BCUT2D eigenvalue weighted by atomic mass is 32.2. The number of nitrogens with zero attached hydrogens (tertiary/aromatic N) is 1. The molecule has 0 unspecified atom stereocenters. The van der Waals surface area contributed by atoms with Gasteiger partial charge in [0, 0.05) is 13.1 Å². The molecule has 10 nitrogen and oxygen atoms in total. The Hall–Kier alpha value is -2.56. The maximum atomic E-state index is 11.5. The molecule has 0 aliphatic heterocycles. The van der Waals surface area contributed by atoms with Crippen LogP contribution >= 0.6 is 11.8 Å². The number of rotatable bonds is 7. The number of nitrogens with one attached hydrogen (secondary N) is 3. The molecule has 1 aromatic rings. The summed E-state index contributed by atoms with van der Waals surface area (Å²) < 4.78 is 9.43. The number of hydrogen-bond acceptors (Lipinski definition) is 8. The Morgan fingerprint density at radius 2 is 2.00 bits per heavy atom. The van der Waals surface area contributed by atoms with Crippen LogP contribution in [0.25, 0.3) is 0 Å². The van der Waals surface area contributed by atoms with Crippen LogP contribution in [0.15, 0.2) is 10.6 Å². The van der Waals surface area contributed by atoms with Crippen LogP contribution in [-0.4, -0.2) is 54.1 Å². The van der Waals surface area contributed by atoms with Gasteiger partial charge in [-0.2, -0.15) is 0 Å². The minimum absolute atomic E-state index is 0.00540. The van der Waals surface area contributed by atoms with Gasteiger partial charge in [-0.25, -0.2) is 4.79 Å². The van der Waals surface area contributed by atoms with E-state index in [1.165, 1.54) is 7.05 Å². The van der Waals surface area contributed by atoms with Gasteiger partial charge in [-0.15, -0.1) is 11.8 Å². The van der Waals surface area contributed by atoms with Gasteiger partial charge in [-0.1, -0.05) is 5.16 Å². The van der Waals surface area contributed by atoms with E-state index in [0.717, 1.165) is 11.8 Å². The standard InChI is InChI=1S/C12H16N4O6S/c1-7-3-8(16-22-7)14-10(18)5-23-6-11(19)21-4-9(17)15-12(20)13-2/h3H,4-6H2,1-2H3,(H,14,16,18)(H2,13,15,17,20). The molecule has 0 fully saturated rings. The molecule has 0 saturated heterocycles. The first-order valence-electron chi connectivity index (χ1n) is 6.38. The zero-order chi connectivity index (χ0) is 17.2. The topological polar surface area (TPSA) is 140 Å². The molecule has 1 heterocycles. The third-order valence-electron chi connectivity index (χ3n) is 2.19. The number of hydrogen-bond donors (Lipinski definition) is 3. The molecule has 0 aliphatic carbocycles. The molecule has 1 rings (SSSR count). The van der Waals surface area contributed by atoms with E-state index in [9.17, 15) is 19.2 Å². The van der Waals surface area contributed by atoms with E-state index >= 15 is 0 Å². The molecule has 23 heavy (non-hydrogen) atoms. The molecule has 3 N–H and O–H groups in total. The first kappa shape index (κ1) is 18.5. The molecule has 0 aromatic carbocycles. The van der Waals surface area contributed by atoms with Crippen molar-refractivity contribution in [1.29, 1.82) is 0 Å². The van der Waals surface area contributed by atoms with E-state index in [2.05, 4.69) is 20.5 Å². The van der Waals surface area contributed by atoms with E-state index in [0.29, 0.717) is 11.6 Å². The van der Waals surface area contributed by atoms with Crippen LogP contribution in [0.1, 0.15) is 5.76 Å². The second kappa shape index (κ2) is 9.46. The predicted molar refractivity (Wildman–Crippen MR) is 80.8 cm³/mol. The summed E-state index contributed by atoms with van der Waals surface area (Å²) in [5.41, 5.74) is 0. The number of amides is 4. The van der Waals surface area contributed by atoms with E-state index in [1.54, 1.807) is 13.0 Å². The Morgan fingerprint density at radius 1 is 1.26 bits per heavy atom. The van der Waals surface area contributed by atoms with Crippen molar-refractivity contribution in [2.24, 2.45) is 0 Å². The number of ether oxygens (including phenoxy) is 1. The smallest absolute Gasteiger partial charge is 0.321 e. The van der Waals surface area contributed by atoms with E-state index in [1.807, 2.05) is 5.32 Å². The molecule has 0 bridgehead atoms. The number of aromatic nitrogens is 1. The maximum absolute atomic E-state index is 11.5. The number of aryl methyl sites for hydroxylation is 1. The summed E-state index contributed by atoms with van der Waals surface area (Å²) in [5, 5.41) is 10.2. The Balaban J connectivity index is 2.15. The second-order valence-corrected chi connectivity index (χ2v) is 5.14. The molecule has 0 radical (unpaired) electrons. The van der Waals surface area contributed by atoms with Gasteiger partial charge in [0.15, 0.2) is 12.4 Å². The molecule has 0 spiro atoms. The molecule has 11 heteroatoms. The average molecular weight is 344 g/mol. The normalized spacial score (nSPS) is 9.83. The quantitative estimate of drug-likeness (QED) is 0.570. The molecule has 0 saturated carbocycles. The van der Waals surface area contributed by atoms with Gasteiger partial charge in [-0.05, 0) is 6.92 Å². The number of carbonyl (C=O) groups excluding carboxylic acids is 4. The summed E-state index contributed by atoms with van der Waals surface area (Å²) in [5.74, 6) is -1.03. The van der Waals surface area contributed by atoms with Crippen LogP contribution < -0.4 is 16.0 Å². The van der Waals surface area contributed by atoms with Gasteiger partial charge in [-0.3, -0.25) is 19.7 Å². The fourth-order valence-electron chi connectivity index (χ4n) is 1.24. The molecular weight excluding hydrogens is 328 g/mol. The van der Waals surface area contributed by atoms with Crippen LogP contribution in [0.2, 0.25) is 0 Å². The van der Waals surface area contributed by atoms with Crippen LogP contribution in [0.3, 0.4) is 0 Å². The Bertz CT molecular complexity index is 588. The van der Waals surface area contributed by atoms with Crippen molar-refractivity contribution in [3.05, 3.63) is 11.8 Å². The SMILES string of the molecule is CNC(=O)NC(=O)COC(=O)CSCC(=O)Nc1cc(C)on1. The molecule has 4 amide bonds. The van der Waals surface area contributed by atoms with Crippen molar-refractivity contribution in [2.45, 2.75) is 6.92 Å². The minimum Gasteiger partial charge on any atom is -0.455 e. The van der Waals surface area contributed by atoms with Crippen molar-refractivity contribution in [1.82, 2.24) is 15.8 Å². The van der Waals surface area contributed by atoms with E-state index < -0.39 is 24.5 Å². The number of imide groups is 1. The molecule has 0 atom stereocenters. The zero-order valence-electron chi connectivity index (χ0n) is 12.5. The first-order valence-corrected chi connectivity index (χ1v) is 7.54. The summed E-state index contributed by atoms with van der Waals surface area (Å²) in [6, 6.07) is 0.863. The van der Waals surface area contributed by atoms with Crippen LogP contribution in [-0.2, 0) is 19.1 Å². The van der Waals surface area contributed by atoms with Gasteiger partial charge in [0.2, 0.25) is 5.91 Å². The summed E-state index contributed by atoms with van der Waals surface area (Å²) in [6.45, 7) is 1.12. The highest BCUT2D eigenvalue weighted by molar-refractivity contribution is 8.00. The third-order valence-corrected chi connectivity index (χ3v) is 3.10. The minimum atomic E-state index is -0.748. The van der Waals surface area contributed by atoms with Crippen molar-refractivity contribution >= 4 is 41.4 Å². The van der Waals surface area contributed by atoms with Gasteiger partial charge in [0.1, 0.15) is 5.76 Å². The average Bonchev–Trinajstić information content (AvgIpc) is 2.90. The summed E-state index contributed by atoms with van der Waals surface area (Å²) in [4.78, 5) is 44.9. The van der Waals surface area contributed by atoms with Gasteiger partial charge in [0.25, 0.3) is 5.91 Å². The lowest BCUT2D eigenvalue weighted by molar-refractivity contribution is -0.145. The van der Waals surface area contributed by atoms with Crippen molar-refractivity contribution in [3.8, 4) is 0 Å². The largest absolute Gasteiger partial charge is 0.455 e. The maximum Gasteiger partial charge on any atom is 0.321 e. The van der Waals surface area contributed by atoms with Gasteiger partial charge < -0.3 is 19.9 Å². The van der Waals surface area contributed by atoms with Gasteiger partial charge >= 0.3 is 12.0 Å². The monoisotopic (exact) mass is 344 g/mol. The van der Waals surface area contributed by atoms with Crippen molar-refractivity contribution in [2.75, 3.05) is 30.5 Å². The number of esters is 1. The highest BCUT2D eigenvalue weighted by Crippen LogP contribution is 2.08. The number of carbonyl (C=O) groups is 4. The van der Waals surface area contributed by atoms with Crippen molar-refractivity contribution in [3.63, 3.8) is 0 Å². The first-order chi connectivity index (χ1) is 10.9. The number of thioether (sulfide) groups is 1. The summed E-state index contributed by atoms with van der Waals surface area (Å²) in [7, 11) is 1.34. The second-order valence-electron chi connectivity index (χ2n) is 4.15. The fourth-order valence-corrected chi connectivity index (χ4v) is 1.85. The lowest BCUT2D eigenvalue weighted by atomic mass is 10.5. The molecule has 126 valence electrons. The van der Waals surface area contributed by atoms with Crippen LogP contribution in [0, 0.1) is 6.92 Å². The summed E-state index contributed by atoms with van der Waals surface area (Å²) >= 11 is 1.01. The van der Waals surface area contributed by atoms with Crippen LogP contribution in [0.4, 0.5) is 10.6 Å². The Labute approximate surface area is 135 Å². The van der Waals surface area contributed by atoms with Gasteiger partial charge in [0.05, 0.1) is 11.5 Å². The zero-order valence-corrected chi connectivity index (χ0v) is 13.3. The summed E-state index contributed by atoms with van der Waals surface area (Å²) in [6.07, 6.45) is 0. The molecular formula is C12H16N4O6S. The Morgan fingerprint density at radius 3 is 2.61 bits per heavy atom. The van der Waals surface area contributed by atoms with E-state index in [-0.39, 0.29) is 17.4 Å². The lowest BCUT2D eigenvalue weighted by Gasteiger charge is -2.05. The fraction of sp³-hybridized carbons (Fsp3) is 0.417. The number of anilines is 1. The molecule has 1 aromatic heterocycles. The van der Waals surface area contributed by atoms with Crippen LogP contribution in [0.5, 0.6) is 0 Å². The molecule has 0 aliphatic rings. The van der Waals surface area contributed by atoms with E-state index in [4.69, 9.17) is 4.52 Å². The number of urea groups is 1. The Kier molecular flexibility index (Phi) is 7.60. The lowest BCUT2D eigenvalue weighted by Crippen LogP contribution is -2.39. The highest BCUT2D eigenvalue weighted by Gasteiger charge is 2.11.